The quantitative estimate of drug-likeness (QED) is 0.0453. The number of benzene rings is 4. The van der Waals surface area contributed by atoms with Crippen LogP contribution in [0.3, 0.4) is 0 Å². The molecule has 1 unspecified atom stereocenters. The largest absolute Gasteiger partial charge is 0.497 e. The summed E-state index contributed by atoms with van der Waals surface area (Å²) in [5.41, 5.74) is 1.71. The summed E-state index contributed by atoms with van der Waals surface area (Å²) in [6.07, 6.45) is -0.674. The Morgan fingerprint density at radius 3 is 2.06 bits per heavy atom. The van der Waals surface area contributed by atoms with E-state index >= 15 is 0 Å². The molecule has 0 spiro atoms. The van der Waals surface area contributed by atoms with Crippen molar-refractivity contribution in [3.8, 4) is 17.6 Å². The van der Waals surface area contributed by atoms with Crippen LogP contribution in [0.2, 0.25) is 0 Å². The zero-order valence-electron chi connectivity index (χ0n) is 36.1. The number of rotatable bonds is 19. The second kappa shape index (κ2) is 20.5. The van der Waals surface area contributed by atoms with Gasteiger partial charge in [-0.25, -0.2) is 24.0 Å². The molecule has 1 aliphatic heterocycles. The molecule has 1 aliphatic rings. The van der Waals surface area contributed by atoms with Crippen LogP contribution in [0.1, 0.15) is 73.8 Å². The molecule has 15 nitrogen and oxygen atoms in total. The van der Waals surface area contributed by atoms with Crippen LogP contribution < -0.4 is 20.5 Å². The van der Waals surface area contributed by atoms with Crippen LogP contribution >= 0.6 is 8.53 Å². The maximum absolute atomic E-state index is 14.0. The molecule has 0 bridgehead atoms. The number of aromatic amines is 1. The highest BCUT2D eigenvalue weighted by molar-refractivity contribution is 7.44. The average molecular weight is 874 g/mol. The van der Waals surface area contributed by atoms with Crippen molar-refractivity contribution in [2.24, 2.45) is 0 Å². The van der Waals surface area contributed by atoms with E-state index in [4.69, 9.17) is 28.0 Å². The van der Waals surface area contributed by atoms with Gasteiger partial charge in [-0.3, -0.25) is 4.79 Å². The second-order valence-electron chi connectivity index (χ2n) is 15.4. The molecular formula is C47H52N7O8P. The first-order valence-electron chi connectivity index (χ1n) is 20.8. The van der Waals surface area contributed by atoms with Gasteiger partial charge in [0.15, 0.2) is 11.5 Å². The minimum absolute atomic E-state index is 0.0106. The Labute approximate surface area is 367 Å². The fraction of sp³-hybridized carbons (Fsp3) is 0.340. The van der Waals surface area contributed by atoms with Gasteiger partial charge < -0.3 is 38.3 Å². The Morgan fingerprint density at radius 2 is 1.49 bits per heavy atom. The molecule has 0 radical (unpaired) electrons. The molecule has 1 saturated heterocycles. The molecule has 16 heteroatoms. The summed E-state index contributed by atoms with van der Waals surface area (Å²) in [4.78, 5) is 38.9. The number of H-pyrrole nitrogens is 1. The van der Waals surface area contributed by atoms with Gasteiger partial charge >= 0.3 is 5.69 Å². The standard InChI is InChI=1S/C47H52N7O8P/c1-31(2)54(32(3)4)63(60-27-13-26-48)62-39-28-41(53-44-42(51-46(53)56)43(49-30-50-44)52-45(55)33-14-9-7-10-15-33)61-40(39)29-59-47(34-16-11-8-12-17-34,35-18-22-37(57-5)23-19-35)36-20-24-38(58-6)25-21-36/h7-12,14-25,30-32,39-41H,13,27-29H2,1-6H3,(H,51,56)(H,49,50,52,55)/t39-,40+,41+,63?/m0/s1. The molecule has 2 aromatic heterocycles. The second-order valence-corrected chi connectivity index (χ2v) is 16.8. The zero-order chi connectivity index (χ0) is 44.5. The summed E-state index contributed by atoms with van der Waals surface area (Å²) < 4.78 is 42.3. The first-order chi connectivity index (χ1) is 30.6. The van der Waals surface area contributed by atoms with Crippen molar-refractivity contribution in [1.29, 1.82) is 5.26 Å². The number of hydrogen-bond donors (Lipinski definition) is 2. The number of hydrogen-bond acceptors (Lipinski definition) is 12. The first kappa shape index (κ1) is 45.1. The summed E-state index contributed by atoms with van der Waals surface area (Å²) in [7, 11) is 1.51. The number of carbonyl (C=O) groups is 1. The lowest BCUT2D eigenvalue weighted by atomic mass is 9.80. The molecule has 2 N–H and O–H groups in total. The number of aromatic nitrogens is 4. The molecule has 63 heavy (non-hydrogen) atoms. The Morgan fingerprint density at radius 1 is 0.905 bits per heavy atom. The SMILES string of the molecule is COc1ccc(C(OC[C@H]2O[C@@H](n3c(=O)[nH]c4c(NC(=O)c5ccccc5)ncnc43)C[C@@H]2OP(OCCC#N)N(C(C)C)C(C)C)(c2ccccc2)c2ccc(OC)cc2)cc1. The molecule has 1 fully saturated rings. The fourth-order valence-corrected chi connectivity index (χ4v) is 9.64. The van der Waals surface area contributed by atoms with Crippen LogP contribution in [-0.4, -0.2) is 81.8 Å². The van der Waals surface area contributed by atoms with Crippen molar-refractivity contribution in [2.45, 2.75) is 76.7 Å². The number of nitrogens with one attached hydrogen (secondary N) is 2. The van der Waals surface area contributed by atoms with Crippen molar-refractivity contribution in [2.75, 3.05) is 32.8 Å². The topological polar surface area (TPSA) is 175 Å². The third-order valence-electron chi connectivity index (χ3n) is 10.8. The van der Waals surface area contributed by atoms with E-state index in [2.05, 4.69) is 58.7 Å². The monoisotopic (exact) mass is 873 g/mol. The number of amides is 1. The third kappa shape index (κ3) is 9.82. The van der Waals surface area contributed by atoms with Crippen LogP contribution in [0.4, 0.5) is 5.82 Å². The zero-order valence-corrected chi connectivity index (χ0v) is 37.0. The van der Waals surface area contributed by atoms with Crippen molar-refractivity contribution in [3.05, 3.63) is 148 Å². The van der Waals surface area contributed by atoms with Crippen molar-refractivity contribution in [1.82, 2.24) is 24.2 Å². The molecule has 3 heterocycles. The highest BCUT2D eigenvalue weighted by atomic mass is 31.2. The molecular weight excluding hydrogens is 822 g/mol. The number of ether oxygens (including phenoxy) is 4. The van der Waals surface area contributed by atoms with Crippen LogP contribution in [0.5, 0.6) is 11.5 Å². The van der Waals surface area contributed by atoms with E-state index < -0.39 is 44.2 Å². The van der Waals surface area contributed by atoms with Gasteiger partial charge in [0, 0.05) is 24.1 Å². The number of methoxy groups -OCH3 is 2. The minimum atomic E-state index is -1.74. The number of imidazole rings is 1. The summed E-state index contributed by atoms with van der Waals surface area (Å²) in [5, 5.41) is 12.2. The maximum atomic E-state index is 14.0. The number of anilines is 1. The summed E-state index contributed by atoms with van der Waals surface area (Å²) >= 11 is 0. The van der Waals surface area contributed by atoms with Gasteiger partial charge in [0.05, 0.1) is 46.0 Å². The van der Waals surface area contributed by atoms with E-state index in [1.807, 2.05) is 84.9 Å². The third-order valence-corrected chi connectivity index (χ3v) is 12.9. The van der Waals surface area contributed by atoms with Gasteiger partial charge in [-0.2, -0.15) is 5.26 Å². The first-order valence-corrected chi connectivity index (χ1v) is 21.9. The highest BCUT2D eigenvalue weighted by Gasteiger charge is 2.45. The van der Waals surface area contributed by atoms with Crippen LogP contribution in [-0.2, 0) is 24.1 Å². The van der Waals surface area contributed by atoms with Crippen LogP contribution in [0, 0.1) is 11.3 Å². The predicted molar refractivity (Wildman–Crippen MR) is 239 cm³/mol. The Bertz CT molecular complexity index is 2470. The maximum Gasteiger partial charge on any atom is 0.329 e. The molecule has 7 rings (SSSR count). The summed E-state index contributed by atoms with van der Waals surface area (Å²) in [6.45, 7) is 8.43. The molecule has 1 amide bonds. The van der Waals surface area contributed by atoms with E-state index in [0.29, 0.717) is 17.1 Å². The normalized spacial score (nSPS) is 17.0. The minimum Gasteiger partial charge on any atom is -0.497 e. The Balaban J connectivity index is 1.31. The number of nitriles is 1. The van der Waals surface area contributed by atoms with Gasteiger partial charge in [-0.05, 0) is 80.8 Å². The van der Waals surface area contributed by atoms with E-state index in [1.165, 1.54) is 10.9 Å². The van der Waals surface area contributed by atoms with E-state index in [9.17, 15) is 14.9 Å². The van der Waals surface area contributed by atoms with Gasteiger partial charge in [-0.15, -0.1) is 0 Å². The van der Waals surface area contributed by atoms with E-state index in [1.54, 1.807) is 38.5 Å². The summed E-state index contributed by atoms with van der Waals surface area (Å²) in [6, 6.07) is 36.4. The van der Waals surface area contributed by atoms with E-state index in [0.717, 1.165) is 16.7 Å². The number of carbonyl (C=O) groups excluding carboxylic acids is 1. The van der Waals surface area contributed by atoms with Crippen molar-refractivity contribution in [3.63, 3.8) is 0 Å². The molecule has 4 atom stereocenters. The van der Waals surface area contributed by atoms with Crippen LogP contribution in [0.15, 0.2) is 120 Å². The smallest absolute Gasteiger partial charge is 0.329 e. The highest BCUT2D eigenvalue weighted by Crippen LogP contribution is 2.51. The molecule has 6 aromatic rings. The average Bonchev–Trinajstić information content (AvgIpc) is 3.86. The van der Waals surface area contributed by atoms with Crippen molar-refractivity contribution >= 4 is 31.4 Å². The number of fused-ring (bicyclic) bond motifs is 1. The van der Waals surface area contributed by atoms with Gasteiger partial charge in [0.2, 0.25) is 0 Å². The molecule has 328 valence electrons. The van der Waals surface area contributed by atoms with Gasteiger partial charge in [-0.1, -0.05) is 72.8 Å². The van der Waals surface area contributed by atoms with Gasteiger partial charge in [0.1, 0.15) is 41.3 Å². The van der Waals surface area contributed by atoms with E-state index in [-0.39, 0.29) is 55.1 Å². The lowest BCUT2D eigenvalue weighted by molar-refractivity contribution is -0.0916. The van der Waals surface area contributed by atoms with Gasteiger partial charge in [0.25, 0.3) is 14.4 Å². The Kier molecular flexibility index (Phi) is 14.6. The fourth-order valence-electron chi connectivity index (χ4n) is 7.88. The lowest BCUT2D eigenvalue weighted by Gasteiger charge is -2.39. The lowest BCUT2D eigenvalue weighted by Crippen LogP contribution is -2.39. The molecule has 4 aromatic carbocycles. The van der Waals surface area contributed by atoms with Crippen LogP contribution in [0.25, 0.3) is 11.2 Å². The molecule has 0 aliphatic carbocycles. The summed E-state index contributed by atoms with van der Waals surface area (Å²) in [5.74, 6) is 1.12. The number of nitrogens with zero attached hydrogens (tertiary/aromatic N) is 5. The molecule has 0 saturated carbocycles. The van der Waals surface area contributed by atoms with Crippen molar-refractivity contribution < 1.29 is 32.8 Å². The Hall–Kier alpha value is -5.98. The predicted octanol–water partition coefficient (Wildman–Crippen LogP) is 8.35.